The van der Waals surface area contributed by atoms with Gasteiger partial charge in [-0.25, -0.2) is 0 Å². The van der Waals surface area contributed by atoms with Gasteiger partial charge in [-0.2, -0.15) is 0 Å². The van der Waals surface area contributed by atoms with Crippen molar-refractivity contribution < 1.29 is 14.3 Å². The number of amidine groups is 1. The van der Waals surface area contributed by atoms with Crippen LogP contribution in [-0.2, 0) is 11.4 Å². The van der Waals surface area contributed by atoms with E-state index in [4.69, 9.17) is 20.6 Å². The van der Waals surface area contributed by atoms with E-state index >= 15 is 0 Å². The highest BCUT2D eigenvalue weighted by molar-refractivity contribution is 5.95. The van der Waals surface area contributed by atoms with Crippen LogP contribution in [-0.4, -0.2) is 18.3 Å². The topological polar surface area (TPSA) is 109 Å². The lowest BCUT2D eigenvalue weighted by Gasteiger charge is -2.26. The number of hydrogen-bond donors (Lipinski definition) is 4. The summed E-state index contributed by atoms with van der Waals surface area (Å²) in [6.45, 7) is 2.74. The molecule has 5 aromatic carbocycles. The number of hydrogen-bond acceptors (Lipinski definition) is 5. The average Bonchev–Trinajstić information content (AvgIpc) is 3.07. The van der Waals surface area contributed by atoms with E-state index in [2.05, 4.69) is 10.6 Å². The van der Waals surface area contributed by atoms with E-state index < -0.39 is 6.04 Å². The number of benzene rings is 5. The fourth-order valence-corrected chi connectivity index (χ4v) is 4.92. The molecule has 0 fully saturated rings. The summed E-state index contributed by atoms with van der Waals surface area (Å²) in [6, 6.07) is 41.3. The van der Waals surface area contributed by atoms with Crippen LogP contribution in [0, 0.1) is 5.41 Å². The summed E-state index contributed by atoms with van der Waals surface area (Å²) >= 11 is 0. The molecule has 230 valence electrons. The monoisotopic (exact) mass is 620 g/mol. The average molecular weight is 621 g/mol. The van der Waals surface area contributed by atoms with E-state index in [0.29, 0.717) is 41.5 Å². The zero-order chi connectivity index (χ0) is 30.7. The van der Waals surface area contributed by atoms with Gasteiger partial charge < -0.3 is 25.8 Å². The molecule has 0 aliphatic heterocycles. The van der Waals surface area contributed by atoms with Crippen LogP contribution in [0.5, 0.6) is 11.5 Å². The van der Waals surface area contributed by atoms with Crippen LogP contribution in [0.3, 0.4) is 0 Å². The van der Waals surface area contributed by atoms with Crippen molar-refractivity contribution in [1.29, 1.82) is 5.41 Å². The van der Waals surface area contributed by atoms with Gasteiger partial charge in [-0.3, -0.25) is 10.2 Å². The SMILES string of the molecule is CCOc1cc([C@@H](Nc2ccc(C(=N)N)cc2)C(=O)NC(c2ccccc2)c2ccccc2)ccc1OCc1ccccc1.Cl. The largest absolute Gasteiger partial charge is 0.490 e. The van der Waals surface area contributed by atoms with Crippen LogP contribution < -0.4 is 25.8 Å². The molecule has 0 radical (unpaired) electrons. The molecular weight excluding hydrogens is 584 g/mol. The number of ether oxygens (including phenoxy) is 2. The molecule has 0 bridgehead atoms. The molecule has 0 saturated carbocycles. The summed E-state index contributed by atoms with van der Waals surface area (Å²) in [7, 11) is 0. The number of nitrogen functional groups attached to an aromatic ring is 1. The predicted molar refractivity (Wildman–Crippen MR) is 182 cm³/mol. The minimum Gasteiger partial charge on any atom is -0.490 e. The van der Waals surface area contributed by atoms with Crippen molar-refractivity contribution in [2.45, 2.75) is 25.6 Å². The van der Waals surface area contributed by atoms with Crippen molar-refractivity contribution in [1.82, 2.24) is 5.32 Å². The Morgan fingerprint density at radius 1 is 0.733 bits per heavy atom. The van der Waals surface area contributed by atoms with Gasteiger partial charge in [-0.15, -0.1) is 12.4 Å². The number of anilines is 1. The summed E-state index contributed by atoms with van der Waals surface area (Å²) in [5.41, 5.74) is 10.6. The van der Waals surface area contributed by atoms with E-state index in [-0.39, 0.29) is 30.2 Å². The predicted octanol–water partition coefficient (Wildman–Crippen LogP) is 7.43. The smallest absolute Gasteiger partial charge is 0.247 e. The van der Waals surface area contributed by atoms with Crippen LogP contribution in [0.4, 0.5) is 5.69 Å². The van der Waals surface area contributed by atoms with Crippen LogP contribution in [0.15, 0.2) is 133 Å². The highest BCUT2D eigenvalue weighted by Crippen LogP contribution is 2.33. The van der Waals surface area contributed by atoms with E-state index in [9.17, 15) is 4.79 Å². The number of amides is 1. The standard InChI is InChI=1S/C37H36N4O3.ClH/c1-2-43-33-24-30(20-23-32(33)44-25-26-12-6-3-7-13-26)35(40-31-21-18-29(19-22-31)36(38)39)37(42)41-34(27-14-8-4-9-15-27)28-16-10-5-11-17-28;/h3-24,34-35,40H,2,25H2,1H3,(H3,38,39)(H,41,42);1H/t35-;/m1./s1. The van der Waals surface area contributed by atoms with Gasteiger partial charge in [-0.1, -0.05) is 97.1 Å². The Kier molecular flexibility index (Phi) is 11.6. The number of carbonyl (C=O) groups excluding carboxylic acids is 1. The van der Waals surface area contributed by atoms with Crippen LogP contribution in [0.1, 0.15) is 46.8 Å². The van der Waals surface area contributed by atoms with Crippen molar-refractivity contribution in [3.05, 3.63) is 161 Å². The van der Waals surface area contributed by atoms with Crippen molar-refractivity contribution in [2.24, 2.45) is 5.73 Å². The molecule has 0 spiro atoms. The molecule has 8 heteroatoms. The second kappa shape index (κ2) is 16.0. The van der Waals surface area contributed by atoms with Gasteiger partial charge in [0.2, 0.25) is 5.91 Å². The maximum atomic E-state index is 14.2. The fraction of sp³-hybridized carbons (Fsp3) is 0.135. The molecule has 0 unspecified atom stereocenters. The highest BCUT2D eigenvalue weighted by Gasteiger charge is 2.26. The first-order valence-electron chi connectivity index (χ1n) is 14.6. The van der Waals surface area contributed by atoms with Gasteiger partial charge in [0.25, 0.3) is 0 Å². The summed E-state index contributed by atoms with van der Waals surface area (Å²) in [5, 5.41) is 14.4. The van der Waals surface area contributed by atoms with Crippen molar-refractivity contribution >= 4 is 29.8 Å². The van der Waals surface area contributed by atoms with Crippen LogP contribution >= 0.6 is 12.4 Å². The van der Waals surface area contributed by atoms with Gasteiger partial charge in [0.1, 0.15) is 18.5 Å². The Labute approximate surface area is 270 Å². The Morgan fingerprint density at radius 2 is 1.31 bits per heavy atom. The summed E-state index contributed by atoms with van der Waals surface area (Å²) in [4.78, 5) is 14.2. The molecule has 0 aromatic heterocycles. The van der Waals surface area contributed by atoms with Gasteiger partial charge in [0, 0.05) is 11.3 Å². The molecule has 45 heavy (non-hydrogen) atoms. The lowest BCUT2D eigenvalue weighted by Crippen LogP contribution is -2.36. The van der Waals surface area contributed by atoms with E-state index in [1.165, 1.54) is 0 Å². The third-order valence-electron chi connectivity index (χ3n) is 7.16. The zero-order valence-electron chi connectivity index (χ0n) is 25.0. The molecule has 7 nitrogen and oxygen atoms in total. The Balaban J connectivity index is 0.00000461. The third kappa shape index (κ3) is 8.65. The van der Waals surface area contributed by atoms with E-state index in [1.807, 2.05) is 128 Å². The van der Waals surface area contributed by atoms with E-state index in [0.717, 1.165) is 16.7 Å². The molecule has 0 saturated heterocycles. The second-order valence-electron chi connectivity index (χ2n) is 10.2. The lowest BCUT2D eigenvalue weighted by atomic mass is 9.97. The Morgan fingerprint density at radius 3 is 1.87 bits per heavy atom. The molecule has 1 amide bonds. The molecule has 5 rings (SSSR count). The fourth-order valence-electron chi connectivity index (χ4n) is 4.92. The third-order valence-corrected chi connectivity index (χ3v) is 7.16. The highest BCUT2D eigenvalue weighted by atomic mass is 35.5. The number of nitrogens with one attached hydrogen (secondary N) is 3. The second-order valence-corrected chi connectivity index (χ2v) is 10.2. The Hall–Kier alpha value is -5.27. The van der Waals surface area contributed by atoms with E-state index in [1.54, 1.807) is 12.1 Å². The first-order valence-corrected chi connectivity index (χ1v) is 14.6. The van der Waals surface area contributed by atoms with Gasteiger partial charge >= 0.3 is 0 Å². The molecule has 0 heterocycles. The number of rotatable bonds is 13. The maximum absolute atomic E-state index is 14.2. The molecule has 5 aromatic rings. The number of carbonyl (C=O) groups is 1. The molecule has 1 atom stereocenters. The van der Waals surface area contributed by atoms with Crippen LogP contribution in [0.2, 0.25) is 0 Å². The number of nitrogens with two attached hydrogens (primary N) is 1. The minimum atomic E-state index is -0.782. The molecule has 0 aliphatic carbocycles. The number of halogens is 1. The van der Waals surface area contributed by atoms with Crippen LogP contribution in [0.25, 0.3) is 0 Å². The lowest BCUT2D eigenvalue weighted by molar-refractivity contribution is -0.122. The first kappa shape index (κ1) is 32.6. The van der Waals surface area contributed by atoms with Gasteiger partial charge in [0.05, 0.1) is 12.6 Å². The van der Waals surface area contributed by atoms with Crippen molar-refractivity contribution in [3.63, 3.8) is 0 Å². The quantitative estimate of drug-likeness (QED) is 0.0808. The zero-order valence-corrected chi connectivity index (χ0v) is 25.8. The van der Waals surface area contributed by atoms with Crippen molar-refractivity contribution in [3.8, 4) is 11.5 Å². The molecule has 0 aliphatic rings. The van der Waals surface area contributed by atoms with Gasteiger partial charge in [-0.05, 0) is 65.6 Å². The molecular formula is C37H37ClN4O3. The van der Waals surface area contributed by atoms with Gasteiger partial charge in [0.15, 0.2) is 11.5 Å². The maximum Gasteiger partial charge on any atom is 0.247 e. The van der Waals surface area contributed by atoms with Crippen molar-refractivity contribution in [2.75, 3.05) is 11.9 Å². The minimum absolute atomic E-state index is 0. The normalized spacial score (nSPS) is 11.2. The first-order chi connectivity index (χ1) is 21.5. The summed E-state index contributed by atoms with van der Waals surface area (Å²) in [6.07, 6.45) is 0. The Bertz CT molecular complexity index is 1630. The summed E-state index contributed by atoms with van der Waals surface area (Å²) < 4.78 is 12.1. The summed E-state index contributed by atoms with van der Waals surface area (Å²) in [5.74, 6) is 0.900. The molecule has 5 N–H and O–H groups in total.